The normalized spacial score (nSPS) is 22.5. The Kier molecular flexibility index (Phi) is 10.6. The van der Waals surface area contributed by atoms with Crippen molar-refractivity contribution in [2.45, 2.75) is 108 Å². The molecule has 1 unspecified atom stereocenters. The van der Waals surface area contributed by atoms with E-state index in [1.54, 1.807) is 43.5 Å². The van der Waals surface area contributed by atoms with Crippen molar-refractivity contribution in [1.29, 1.82) is 0 Å². The highest BCUT2D eigenvalue weighted by atomic mass is 16.5. The van der Waals surface area contributed by atoms with Gasteiger partial charge in [-0.15, -0.1) is 0 Å². The number of likely N-dealkylation sites (N-methyl/N-ethyl adjacent to an activating group) is 1. The first kappa shape index (κ1) is 33.9. The molecule has 2 amide bonds. The van der Waals surface area contributed by atoms with E-state index in [-0.39, 0.29) is 42.0 Å². The van der Waals surface area contributed by atoms with Crippen molar-refractivity contribution in [3.05, 3.63) is 30.0 Å². The van der Waals surface area contributed by atoms with E-state index in [0.29, 0.717) is 54.6 Å². The van der Waals surface area contributed by atoms with Gasteiger partial charge in [-0.05, 0) is 76.0 Å². The largest absolute Gasteiger partial charge is 0.495 e. The molecule has 48 heavy (non-hydrogen) atoms. The summed E-state index contributed by atoms with van der Waals surface area (Å²) in [4.78, 5) is 54.4. The number of aromatic nitrogens is 2. The smallest absolute Gasteiger partial charge is 0.323 e. The Bertz CT molecular complexity index is 1480. The average Bonchev–Trinajstić information content (AvgIpc) is 3.90. The van der Waals surface area contributed by atoms with E-state index in [2.05, 4.69) is 25.4 Å². The van der Waals surface area contributed by atoms with E-state index in [9.17, 15) is 14.4 Å². The van der Waals surface area contributed by atoms with Crippen LogP contribution in [-0.2, 0) is 14.3 Å². The maximum Gasteiger partial charge on any atom is 0.323 e. The molecule has 2 saturated carbocycles. The van der Waals surface area contributed by atoms with E-state index in [4.69, 9.17) is 20.2 Å². The van der Waals surface area contributed by atoms with Crippen LogP contribution in [0, 0.1) is 0 Å². The van der Waals surface area contributed by atoms with Crippen LogP contribution in [0.4, 0.5) is 23.1 Å². The van der Waals surface area contributed by atoms with E-state index in [1.165, 1.54) is 0 Å². The molecule has 1 saturated heterocycles. The summed E-state index contributed by atoms with van der Waals surface area (Å²) in [6.45, 7) is 4.24. The van der Waals surface area contributed by atoms with E-state index < -0.39 is 6.04 Å². The summed E-state index contributed by atoms with van der Waals surface area (Å²) in [6, 6.07) is 4.64. The molecule has 6 rings (SSSR count). The molecule has 1 aromatic heterocycles. The summed E-state index contributed by atoms with van der Waals surface area (Å²) >= 11 is 0. The minimum absolute atomic E-state index is 0.00775. The Morgan fingerprint density at radius 2 is 1.85 bits per heavy atom. The number of likely N-dealkylation sites (tertiary alicyclic amines) is 1. The van der Waals surface area contributed by atoms with Crippen LogP contribution in [0.2, 0.25) is 0 Å². The topological polar surface area (TPSA) is 155 Å². The van der Waals surface area contributed by atoms with Crippen molar-refractivity contribution in [2.75, 3.05) is 48.9 Å². The summed E-state index contributed by atoms with van der Waals surface area (Å²) in [5, 5.41) is 6.43. The molecule has 0 spiro atoms. The van der Waals surface area contributed by atoms with Crippen LogP contribution in [-0.4, -0.2) is 96.7 Å². The first-order chi connectivity index (χ1) is 23.2. The molecule has 13 nitrogen and oxygen atoms in total. The van der Waals surface area contributed by atoms with Crippen molar-refractivity contribution in [1.82, 2.24) is 20.2 Å². The fourth-order valence-electron chi connectivity index (χ4n) is 7.62. The predicted molar refractivity (Wildman–Crippen MR) is 184 cm³/mol. The lowest BCUT2D eigenvalue weighted by atomic mass is 10.0. The van der Waals surface area contributed by atoms with Gasteiger partial charge in [-0.1, -0.05) is 19.8 Å². The van der Waals surface area contributed by atoms with Crippen LogP contribution in [0.1, 0.15) is 87.9 Å². The maximum absolute atomic E-state index is 13.3. The Hall–Kier alpha value is -3.97. The standard InChI is InChI=1S/C35H50N8O5/c1-4-28-33(45)41(2)29-20-37-35(40-31(29)43(28)24-9-5-6-10-24)39-27-14-13-22(19-30(27)47-3)32(44)38-23-15-17-42(21-23)18-16-26(36)34(46)48-25-11-7-8-12-25/h13-14,19-20,23-26,28H,4-12,15-18,21,36H2,1-3H3,(H,38,44)(H,37,39,40)/t23?,26-,28+/m0/s1. The highest BCUT2D eigenvalue weighted by molar-refractivity contribution is 6.04. The zero-order valence-electron chi connectivity index (χ0n) is 28.5. The fourth-order valence-corrected chi connectivity index (χ4v) is 7.62. The minimum atomic E-state index is -0.629. The monoisotopic (exact) mass is 662 g/mol. The molecule has 3 atom stereocenters. The third-order valence-corrected chi connectivity index (χ3v) is 10.4. The molecule has 4 aliphatic rings. The first-order valence-corrected chi connectivity index (χ1v) is 17.6. The van der Waals surface area contributed by atoms with Gasteiger partial charge in [0.25, 0.3) is 5.91 Å². The Morgan fingerprint density at radius 1 is 1.10 bits per heavy atom. The molecule has 2 aliphatic carbocycles. The Labute approximate surface area is 282 Å². The average molecular weight is 663 g/mol. The SMILES string of the molecule is CC[C@@H]1C(=O)N(C)c2cnc(Nc3ccc(C(=O)NC4CCN(CC[C@H](N)C(=O)OC5CCCC5)C4)cc3OC)nc2N1C1CCCC1. The molecular formula is C35H50N8O5. The van der Waals surface area contributed by atoms with Crippen LogP contribution in [0.5, 0.6) is 5.75 Å². The van der Waals surface area contributed by atoms with Gasteiger partial charge < -0.3 is 40.5 Å². The number of hydrogen-bond acceptors (Lipinski definition) is 11. The second-order valence-corrected chi connectivity index (χ2v) is 13.6. The molecule has 260 valence electrons. The lowest BCUT2D eigenvalue weighted by Crippen LogP contribution is -2.55. The zero-order chi connectivity index (χ0) is 33.8. The van der Waals surface area contributed by atoms with Crippen molar-refractivity contribution in [2.24, 2.45) is 5.73 Å². The molecule has 3 fully saturated rings. The van der Waals surface area contributed by atoms with Gasteiger partial charge in [0, 0.05) is 44.3 Å². The lowest BCUT2D eigenvalue weighted by Gasteiger charge is -2.43. The van der Waals surface area contributed by atoms with E-state index in [1.807, 2.05) is 6.92 Å². The molecule has 13 heteroatoms. The highest BCUT2D eigenvalue weighted by Gasteiger charge is 2.41. The van der Waals surface area contributed by atoms with Gasteiger partial charge in [0.05, 0.1) is 19.0 Å². The number of fused-ring (bicyclic) bond motifs is 1. The van der Waals surface area contributed by atoms with Gasteiger partial charge in [0.2, 0.25) is 11.9 Å². The van der Waals surface area contributed by atoms with E-state index >= 15 is 0 Å². The van der Waals surface area contributed by atoms with E-state index in [0.717, 1.165) is 70.2 Å². The number of nitrogens with one attached hydrogen (secondary N) is 2. The number of anilines is 4. The number of ether oxygens (including phenoxy) is 2. The number of rotatable bonds is 12. The van der Waals surface area contributed by atoms with Crippen molar-refractivity contribution in [3.63, 3.8) is 0 Å². The van der Waals surface area contributed by atoms with Crippen molar-refractivity contribution < 1.29 is 23.9 Å². The Balaban J connectivity index is 1.06. The number of hydrogen-bond donors (Lipinski definition) is 3. The molecule has 3 heterocycles. The van der Waals surface area contributed by atoms with Gasteiger partial charge in [-0.3, -0.25) is 14.4 Å². The third-order valence-electron chi connectivity index (χ3n) is 10.4. The number of carbonyl (C=O) groups is 3. The quantitative estimate of drug-likeness (QED) is 0.285. The minimum Gasteiger partial charge on any atom is -0.495 e. The number of benzene rings is 1. The number of amides is 2. The van der Waals surface area contributed by atoms with Gasteiger partial charge in [0.1, 0.15) is 29.6 Å². The van der Waals surface area contributed by atoms with Gasteiger partial charge in [-0.2, -0.15) is 4.98 Å². The molecule has 4 N–H and O–H groups in total. The summed E-state index contributed by atoms with van der Waals surface area (Å²) in [5.74, 6) is 1.22. The summed E-state index contributed by atoms with van der Waals surface area (Å²) in [6.07, 6.45) is 12.2. The van der Waals surface area contributed by atoms with Crippen LogP contribution in [0.3, 0.4) is 0 Å². The first-order valence-electron chi connectivity index (χ1n) is 17.6. The molecule has 0 bridgehead atoms. The number of methoxy groups -OCH3 is 1. The molecular weight excluding hydrogens is 612 g/mol. The fraction of sp³-hybridized carbons (Fsp3) is 0.629. The second-order valence-electron chi connectivity index (χ2n) is 13.6. The molecule has 2 aromatic rings. The second kappa shape index (κ2) is 15.1. The van der Waals surface area contributed by atoms with Crippen LogP contribution < -0.4 is 30.9 Å². The number of carbonyl (C=O) groups excluding carboxylic acids is 3. The molecule has 0 radical (unpaired) electrons. The van der Waals surface area contributed by atoms with Gasteiger partial charge in [0.15, 0.2) is 5.82 Å². The summed E-state index contributed by atoms with van der Waals surface area (Å²) < 4.78 is 11.2. The number of nitrogens with two attached hydrogens (primary N) is 1. The predicted octanol–water partition coefficient (Wildman–Crippen LogP) is 3.74. The third kappa shape index (κ3) is 7.36. The van der Waals surface area contributed by atoms with Crippen molar-refractivity contribution >= 4 is 40.9 Å². The van der Waals surface area contributed by atoms with Crippen LogP contribution >= 0.6 is 0 Å². The number of esters is 1. The zero-order valence-corrected chi connectivity index (χ0v) is 28.5. The number of nitrogens with zero attached hydrogens (tertiary/aromatic N) is 5. The van der Waals surface area contributed by atoms with Crippen molar-refractivity contribution in [3.8, 4) is 5.75 Å². The summed E-state index contributed by atoms with van der Waals surface area (Å²) in [5.41, 5.74) is 7.94. The van der Waals surface area contributed by atoms with Crippen LogP contribution in [0.15, 0.2) is 24.4 Å². The van der Waals surface area contributed by atoms with Crippen LogP contribution in [0.25, 0.3) is 0 Å². The lowest BCUT2D eigenvalue weighted by molar-refractivity contribution is -0.150. The van der Waals surface area contributed by atoms with Gasteiger partial charge >= 0.3 is 5.97 Å². The highest BCUT2D eigenvalue weighted by Crippen LogP contribution is 2.40. The molecule has 2 aliphatic heterocycles. The Morgan fingerprint density at radius 3 is 2.58 bits per heavy atom. The summed E-state index contributed by atoms with van der Waals surface area (Å²) in [7, 11) is 3.35. The van der Waals surface area contributed by atoms with Gasteiger partial charge in [-0.25, -0.2) is 4.98 Å². The molecule has 1 aromatic carbocycles. The maximum atomic E-state index is 13.3.